The summed E-state index contributed by atoms with van der Waals surface area (Å²) in [5.74, 6) is 0. The van der Waals surface area contributed by atoms with Gasteiger partial charge < -0.3 is 0 Å². The summed E-state index contributed by atoms with van der Waals surface area (Å²) in [7, 11) is 0. The molecule has 83 valence electrons. The third-order valence-corrected chi connectivity index (χ3v) is 4.17. The number of fused-ring (bicyclic) bond motifs is 4. The van der Waals surface area contributed by atoms with Crippen LogP contribution in [0.25, 0.3) is 11.1 Å². The van der Waals surface area contributed by atoms with Gasteiger partial charge in [-0.1, -0.05) is 30.3 Å². The Kier molecular flexibility index (Phi) is 1.93. The van der Waals surface area contributed by atoms with Crippen LogP contribution in [-0.2, 0) is 19.3 Å². The van der Waals surface area contributed by atoms with E-state index in [-0.39, 0.29) is 0 Å². The Labute approximate surface area is 102 Å². The maximum Gasteiger partial charge on any atom is -0.000718 e. The van der Waals surface area contributed by atoms with Crippen molar-refractivity contribution in [3.63, 3.8) is 0 Å². The molecule has 1 radical (unpaired) electrons. The van der Waals surface area contributed by atoms with Crippen molar-refractivity contribution in [2.24, 2.45) is 0 Å². The highest BCUT2D eigenvalue weighted by molar-refractivity contribution is 5.77. The fourth-order valence-electron chi connectivity index (χ4n) is 3.29. The molecular weight excluding hydrogens is 204 g/mol. The Bertz CT molecular complexity index is 593. The van der Waals surface area contributed by atoms with E-state index in [0.717, 1.165) is 6.42 Å². The van der Waals surface area contributed by atoms with E-state index in [4.69, 9.17) is 0 Å². The topological polar surface area (TPSA) is 0 Å². The predicted molar refractivity (Wildman–Crippen MR) is 70.2 cm³/mol. The number of hydrogen-bond donors (Lipinski definition) is 0. The maximum atomic E-state index is 3.39. The first-order chi connectivity index (χ1) is 8.42. The lowest BCUT2D eigenvalue weighted by Gasteiger charge is -2.17. The first kappa shape index (κ1) is 9.47. The Morgan fingerprint density at radius 3 is 2.59 bits per heavy atom. The van der Waals surface area contributed by atoms with Crippen LogP contribution in [-0.4, -0.2) is 0 Å². The largest absolute Gasteiger partial charge is 0.0610 e. The van der Waals surface area contributed by atoms with E-state index in [0.29, 0.717) is 0 Å². The van der Waals surface area contributed by atoms with Crippen LogP contribution in [0, 0.1) is 6.07 Å². The fourth-order valence-corrected chi connectivity index (χ4v) is 3.29. The molecule has 0 N–H and O–H groups in total. The van der Waals surface area contributed by atoms with E-state index in [1.165, 1.54) is 47.9 Å². The molecular formula is C17H15. The van der Waals surface area contributed by atoms with Crippen molar-refractivity contribution in [2.45, 2.75) is 32.1 Å². The monoisotopic (exact) mass is 219 g/mol. The highest BCUT2D eigenvalue weighted by Crippen LogP contribution is 2.39. The quantitative estimate of drug-likeness (QED) is 0.537. The van der Waals surface area contributed by atoms with Crippen LogP contribution >= 0.6 is 0 Å². The van der Waals surface area contributed by atoms with Crippen molar-refractivity contribution in [1.82, 2.24) is 0 Å². The van der Waals surface area contributed by atoms with Gasteiger partial charge in [0.25, 0.3) is 0 Å². The van der Waals surface area contributed by atoms with Crippen LogP contribution in [0.5, 0.6) is 0 Å². The standard InChI is InChI=1S/C17H15/c1-2-6-13-11-17-15(9-12(13)5-1)10-14-7-3-4-8-16(14)17/h3-4,8-9,11H,1-2,5-6,10H2. The summed E-state index contributed by atoms with van der Waals surface area (Å²) in [6.07, 6.45) is 6.36. The third kappa shape index (κ3) is 1.37. The van der Waals surface area contributed by atoms with Gasteiger partial charge in [0.1, 0.15) is 0 Å². The number of rotatable bonds is 0. The summed E-state index contributed by atoms with van der Waals surface area (Å²) in [6, 6.07) is 14.7. The van der Waals surface area contributed by atoms with Crippen molar-refractivity contribution in [1.29, 1.82) is 0 Å². The molecule has 2 aliphatic carbocycles. The van der Waals surface area contributed by atoms with Gasteiger partial charge in [-0.25, -0.2) is 0 Å². The van der Waals surface area contributed by atoms with Crippen LogP contribution in [0.1, 0.15) is 35.1 Å². The molecule has 0 atom stereocenters. The van der Waals surface area contributed by atoms with E-state index in [1.54, 1.807) is 11.1 Å². The van der Waals surface area contributed by atoms with Gasteiger partial charge in [-0.15, -0.1) is 0 Å². The predicted octanol–water partition coefficient (Wildman–Crippen LogP) is 3.94. The molecule has 2 aliphatic rings. The average molecular weight is 219 g/mol. The highest BCUT2D eigenvalue weighted by Gasteiger charge is 2.21. The Morgan fingerprint density at radius 2 is 1.71 bits per heavy atom. The molecule has 0 fully saturated rings. The molecule has 0 saturated heterocycles. The van der Waals surface area contributed by atoms with Gasteiger partial charge >= 0.3 is 0 Å². The Hall–Kier alpha value is -1.56. The normalized spacial score (nSPS) is 16.2. The summed E-state index contributed by atoms with van der Waals surface area (Å²) in [4.78, 5) is 0. The molecule has 17 heavy (non-hydrogen) atoms. The lowest BCUT2D eigenvalue weighted by molar-refractivity contribution is 0.685. The van der Waals surface area contributed by atoms with Crippen molar-refractivity contribution in [3.05, 3.63) is 58.7 Å². The first-order valence-electron chi connectivity index (χ1n) is 6.56. The lowest BCUT2D eigenvalue weighted by atomic mass is 9.88. The molecule has 0 aliphatic heterocycles. The summed E-state index contributed by atoms with van der Waals surface area (Å²) >= 11 is 0. The van der Waals surface area contributed by atoms with Crippen LogP contribution in [0.15, 0.2) is 30.3 Å². The van der Waals surface area contributed by atoms with E-state index < -0.39 is 0 Å². The zero-order valence-corrected chi connectivity index (χ0v) is 9.92. The summed E-state index contributed by atoms with van der Waals surface area (Å²) in [5.41, 5.74) is 8.97. The van der Waals surface area contributed by atoms with Gasteiger partial charge in [-0.05, 0) is 71.6 Å². The molecule has 0 amide bonds. The van der Waals surface area contributed by atoms with Crippen molar-refractivity contribution >= 4 is 0 Å². The Balaban J connectivity index is 1.93. The first-order valence-corrected chi connectivity index (χ1v) is 6.56. The van der Waals surface area contributed by atoms with Gasteiger partial charge in [0, 0.05) is 0 Å². The maximum absolute atomic E-state index is 3.39. The van der Waals surface area contributed by atoms with Crippen LogP contribution < -0.4 is 0 Å². The average Bonchev–Trinajstić information content (AvgIpc) is 2.73. The molecule has 0 heteroatoms. The minimum Gasteiger partial charge on any atom is -0.0610 e. The van der Waals surface area contributed by atoms with Crippen molar-refractivity contribution < 1.29 is 0 Å². The van der Waals surface area contributed by atoms with Gasteiger partial charge in [-0.2, -0.15) is 0 Å². The molecule has 0 saturated carbocycles. The number of benzene rings is 2. The molecule has 2 aromatic carbocycles. The van der Waals surface area contributed by atoms with Gasteiger partial charge in [0.05, 0.1) is 0 Å². The van der Waals surface area contributed by atoms with E-state index in [9.17, 15) is 0 Å². The summed E-state index contributed by atoms with van der Waals surface area (Å²) in [5, 5.41) is 0. The third-order valence-electron chi connectivity index (χ3n) is 4.17. The van der Waals surface area contributed by atoms with Crippen LogP contribution in [0.3, 0.4) is 0 Å². The second kappa shape index (κ2) is 3.46. The molecule has 0 spiro atoms. The highest BCUT2D eigenvalue weighted by atomic mass is 14.2. The summed E-state index contributed by atoms with van der Waals surface area (Å²) < 4.78 is 0. The second-order valence-electron chi connectivity index (χ2n) is 5.22. The van der Waals surface area contributed by atoms with E-state index in [1.807, 2.05) is 6.07 Å². The number of aryl methyl sites for hydroxylation is 2. The molecule has 2 aromatic rings. The summed E-state index contributed by atoms with van der Waals surface area (Å²) in [6.45, 7) is 0. The minimum absolute atomic E-state index is 1.08. The second-order valence-corrected chi connectivity index (χ2v) is 5.22. The fraction of sp³-hybridized carbons (Fsp3) is 0.294. The van der Waals surface area contributed by atoms with Crippen molar-refractivity contribution in [3.8, 4) is 11.1 Å². The van der Waals surface area contributed by atoms with Crippen LogP contribution in [0.2, 0.25) is 0 Å². The van der Waals surface area contributed by atoms with Gasteiger partial charge in [0.2, 0.25) is 0 Å². The zero-order valence-electron chi connectivity index (χ0n) is 9.92. The van der Waals surface area contributed by atoms with Gasteiger partial charge in [-0.3, -0.25) is 0 Å². The molecule has 0 unspecified atom stereocenters. The number of hydrogen-bond acceptors (Lipinski definition) is 0. The SMILES string of the molecule is [c]1cccc2c1Cc1cc3c(cc1-2)CCCC3. The molecule has 0 aromatic heterocycles. The van der Waals surface area contributed by atoms with E-state index >= 15 is 0 Å². The Morgan fingerprint density at radius 1 is 0.882 bits per heavy atom. The zero-order chi connectivity index (χ0) is 11.2. The molecule has 0 heterocycles. The molecule has 4 rings (SSSR count). The van der Waals surface area contributed by atoms with Gasteiger partial charge in [0.15, 0.2) is 0 Å². The minimum atomic E-state index is 1.08. The van der Waals surface area contributed by atoms with Crippen molar-refractivity contribution in [2.75, 3.05) is 0 Å². The van der Waals surface area contributed by atoms with E-state index in [2.05, 4.69) is 30.3 Å². The molecule has 0 nitrogen and oxygen atoms in total. The smallest absolute Gasteiger partial charge is 0.000718 e. The lowest BCUT2D eigenvalue weighted by Crippen LogP contribution is -2.03. The van der Waals surface area contributed by atoms with Crippen LogP contribution in [0.4, 0.5) is 0 Å². The molecule has 0 bridgehead atoms.